The number of carbonyl (C=O) groups is 1. The Bertz CT molecular complexity index is 284. The van der Waals surface area contributed by atoms with Crippen LogP contribution in [0, 0.1) is 0 Å². The molecule has 1 heterocycles. The van der Waals surface area contributed by atoms with Crippen LogP contribution in [0.3, 0.4) is 0 Å². The first-order valence-electron chi connectivity index (χ1n) is 5.11. The molecule has 15 heavy (non-hydrogen) atoms. The summed E-state index contributed by atoms with van der Waals surface area (Å²) in [5, 5.41) is 3.02. The van der Waals surface area contributed by atoms with E-state index in [1.165, 1.54) is 0 Å². The molecule has 84 valence electrons. The SMILES string of the molecule is CNCCCC(=O)N(C)Cc1ncc[nH]1. The highest BCUT2D eigenvalue weighted by Crippen LogP contribution is 2.00. The zero-order valence-electron chi connectivity index (χ0n) is 9.29. The summed E-state index contributed by atoms with van der Waals surface area (Å²) in [4.78, 5) is 20.3. The van der Waals surface area contributed by atoms with Gasteiger partial charge in [0.15, 0.2) is 0 Å². The molecule has 2 N–H and O–H groups in total. The maximum Gasteiger partial charge on any atom is 0.222 e. The first-order chi connectivity index (χ1) is 7.24. The Balaban J connectivity index is 2.27. The van der Waals surface area contributed by atoms with Gasteiger partial charge in [0.25, 0.3) is 0 Å². The third kappa shape index (κ3) is 4.12. The molecule has 1 aromatic rings. The smallest absolute Gasteiger partial charge is 0.222 e. The van der Waals surface area contributed by atoms with Crippen LogP contribution in [-0.2, 0) is 11.3 Å². The van der Waals surface area contributed by atoms with Crippen LogP contribution in [0.15, 0.2) is 12.4 Å². The molecule has 0 saturated heterocycles. The molecule has 1 rings (SSSR count). The summed E-state index contributed by atoms with van der Waals surface area (Å²) >= 11 is 0. The molecule has 0 aromatic carbocycles. The summed E-state index contributed by atoms with van der Waals surface area (Å²) in [6.07, 6.45) is 4.90. The predicted octanol–water partition coefficient (Wildman–Crippen LogP) is 0.368. The van der Waals surface area contributed by atoms with Crippen LogP contribution in [0.1, 0.15) is 18.7 Å². The van der Waals surface area contributed by atoms with Gasteiger partial charge in [-0.1, -0.05) is 0 Å². The van der Waals surface area contributed by atoms with Gasteiger partial charge in [0.05, 0.1) is 6.54 Å². The topological polar surface area (TPSA) is 61.0 Å². The Kier molecular flexibility index (Phi) is 4.83. The number of nitrogens with one attached hydrogen (secondary N) is 2. The van der Waals surface area contributed by atoms with Gasteiger partial charge in [0.1, 0.15) is 5.82 Å². The molecule has 1 aromatic heterocycles. The lowest BCUT2D eigenvalue weighted by molar-refractivity contribution is -0.130. The molecule has 0 aliphatic rings. The van der Waals surface area contributed by atoms with Crippen molar-refractivity contribution in [2.45, 2.75) is 19.4 Å². The van der Waals surface area contributed by atoms with Crippen molar-refractivity contribution in [2.75, 3.05) is 20.6 Å². The number of amides is 1. The van der Waals surface area contributed by atoms with Crippen molar-refractivity contribution >= 4 is 5.91 Å². The zero-order chi connectivity index (χ0) is 11.1. The lowest BCUT2D eigenvalue weighted by Gasteiger charge is -2.15. The van der Waals surface area contributed by atoms with Crippen LogP contribution in [-0.4, -0.2) is 41.4 Å². The number of hydrogen-bond donors (Lipinski definition) is 2. The minimum atomic E-state index is 0.154. The van der Waals surface area contributed by atoms with Gasteiger partial charge in [-0.2, -0.15) is 0 Å². The first-order valence-corrected chi connectivity index (χ1v) is 5.11. The highest BCUT2D eigenvalue weighted by atomic mass is 16.2. The molecule has 0 spiro atoms. The molecule has 0 radical (unpaired) electrons. The molecule has 1 amide bonds. The van der Waals surface area contributed by atoms with Gasteiger partial charge in [-0.3, -0.25) is 4.79 Å². The summed E-state index contributed by atoms with van der Waals surface area (Å²) < 4.78 is 0. The van der Waals surface area contributed by atoms with Crippen molar-refractivity contribution in [3.63, 3.8) is 0 Å². The first kappa shape index (κ1) is 11.7. The lowest BCUT2D eigenvalue weighted by atomic mass is 10.3. The van der Waals surface area contributed by atoms with Crippen LogP contribution >= 0.6 is 0 Å². The van der Waals surface area contributed by atoms with Gasteiger partial charge in [-0.15, -0.1) is 0 Å². The van der Waals surface area contributed by atoms with Crippen LogP contribution < -0.4 is 5.32 Å². The largest absolute Gasteiger partial charge is 0.347 e. The van der Waals surface area contributed by atoms with E-state index in [2.05, 4.69) is 15.3 Å². The average molecular weight is 210 g/mol. The van der Waals surface area contributed by atoms with Crippen LogP contribution in [0.2, 0.25) is 0 Å². The lowest BCUT2D eigenvalue weighted by Crippen LogP contribution is -2.27. The second-order valence-electron chi connectivity index (χ2n) is 3.49. The monoisotopic (exact) mass is 210 g/mol. The predicted molar refractivity (Wildman–Crippen MR) is 58.2 cm³/mol. The maximum atomic E-state index is 11.6. The summed E-state index contributed by atoms with van der Waals surface area (Å²) in [7, 11) is 3.68. The van der Waals surface area contributed by atoms with Crippen molar-refractivity contribution in [1.29, 1.82) is 0 Å². The second-order valence-corrected chi connectivity index (χ2v) is 3.49. The fraction of sp³-hybridized carbons (Fsp3) is 0.600. The minimum absolute atomic E-state index is 0.154. The Hall–Kier alpha value is -1.36. The quantitative estimate of drug-likeness (QED) is 0.667. The highest BCUT2D eigenvalue weighted by molar-refractivity contribution is 5.75. The third-order valence-corrected chi connectivity index (χ3v) is 2.18. The van der Waals surface area contributed by atoms with Crippen molar-refractivity contribution in [3.05, 3.63) is 18.2 Å². The standard InChI is InChI=1S/C10H18N4O/c1-11-5-3-4-10(15)14(2)8-9-12-6-7-13-9/h6-7,11H,3-5,8H2,1-2H3,(H,12,13). The van der Waals surface area contributed by atoms with Crippen molar-refractivity contribution in [2.24, 2.45) is 0 Å². The van der Waals surface area contributed by atoms with E-state index in [-0.39, 0.29) is 5.91 Å². The Labute approximate surface area is 89.9 Å². The number of H-pyrrole nitrogens is 1. The molecule has 0 aliphatic heterocycles. The normalized spacial score (nSPS) is 10.3. The number of carbonyl (C=O) groups excluding carboxylic acids is 1. The molecule has 0 atom stereocenters. The molecular formula is C10H18N4O. The van der Waals surface area contributed by atoms with E-state index in [0.29, 0.717) is 13.0 Å². The molecule has 0 fully saturated rings. The Morgan fingerprint density at radius 1 is 1.67 bits per heavy atom. The molecule has 5 nitrogen and oxygen atoms in total. The number of nitrogens with zero attached hydrogens (tertiary/aromatic N) is 2. The number of rotatable bonds is 6. The van der Waals surface area contributed by atoms with E-state index in [1.807, 2.05) is 7.05 Å². The number of aromatic amines is 1. The second kappa shape index (κ2) is 6.19. The van der Waals surface area contributed by atoms with E-state index < -0.39 is 0 Å². The van der Waals surface area contributed by atoms with Gasteiger partial charge in [-0.05, 0) is 20.0 Å². The molecule has 0 saturated carbocycles. The van der Waals surface area contributed by atoms with Crippen molar-refractivity contribution < 1.29 is 4.79 Å². The summed E-state index contributed by atoms with van der Waals surface area (Å²) in [5.41, 5.74) is 0. The summed E-state index contributed by atoms with van der Waals surface area (Å²) in [5.74, 6) is 0.973. The fourth-order valence-electron chi connectivity index (χ4n) is 1.30. The maximum absolute atomic E-state index is 11.6. The van der Waals surface area contributed by atoms with Crippen LogP contribution in [0.25, 0.3) is 0 Å². The summed E-state index contributed by atoms with van der Waals surface area (Å²) in [6.45, 7) is 1.42. The number of hydrogen-bond acceptors (Lipinski definition) is 3. The molecule has 0 aliphatic carbocycles. The van der Waals surface area contributed by atoms with E-state index in [9.17, 15) is 4.79 Å². The van der Waals surface area contributed by atoms with Crippen LogP contribution in [0.4, 0.5) is 0 Å². The van der Waals surface area contributed by atoms with E-state index in [0.717, 1.165) is 18.8 Å². The number of imidazole rings is 1. The van der Waals surface area contributed by atoms with Crippen molar-refractivity contribution in [1.82, 2.24) is 20.2 Å². The van der Waals surface area contributed by atoms with Gasteiger partial charge in [-0.25, -0.2) is 4.98 Å². The van der Waals surface area contributed by atoms with Gasteiger partial charge >= 0.3 is 0 Å². The van der Waals surface area contributed by atoms with Gasteiger partial charge in [0.2, 0.25) is 5.91 Å². The van der Waals surface area contributed by atoms with Gasteiger partial charge < -0.3 is 15.2 Å². The van der Waals surface area contributed by atoms with Crippen molar-refractivity contribution in [3.8, 4) is 0 Å². The Morgan fingerprint density at radius 2 is 2.47 bits per heavy atom. The van der Waals surface area contributed by atoms with Crippen LogP contribution in [0.5, 0.6) is 0 Å². The minimum Gasteiger partial charge on any atom is -0.347 e. The van der Waals surface area contributed by atoms with Gasteiger partial charge in [0, 0.05) is 25.9 Å². The van der Waals surface area contributed by atoms with E-state index in [1.54, 1.807) is 24.3 Å². The third-order valence-electron chi connectivity index (χ3n) is 2.18. The average Bonchev–Trinajstić information content (AvgIpc) is 2.70. The molecular weight excluding hydrogens is 192 g/mol. The molecule has 0 bridgehead atoms. The van der Waals surface area contributed by atoms with E-state index in [4.69, 9.17) is 0 Å². The van der Waals surface area contributed by atoms with E-state index >= 15 is 0 Å². The zero-order valence-corrected chi connectivity index (χ0v) is 9.29. The molecule has 0 unspecified atom stereocenters. The molecule has 5 heteroatoms. The highest BCUT2D eigenvalue weighted by Gasteiger charge is 2.09. The number of aromatic nitrogens is 2. The summed E-state index contributed by atoms with van der Waals surface area (Å²) in [6, 6.07) is 0. The Morgan fingerprint density at radius 3 is 3.07 bits per heavy atom. The fourth-order valence-corrected chi connectivity index (χ4v) is 1.30.